The summed E-state index contributed by atoms with van der Waals surface area (Å²) in [5, 5.41) is 0. The second kappa shape index (κ2) is 4.13. The third kappa shape index (κ3) is 5.07. The monoisotopic (exact) mass is 127 g/mol. The van der Waals surface area contributed by atoms with Crippen molar-refractivity contribution in [3.05, 3.63) is 18.6 Å². The molecule has 2 heteroatoms. The first kappa shape index (κ1) is 8.21. The molecule has 0 spiro atoms. The summed E-state index contributed by atoms with van der Waals surface area (Å²) >= 11 is 0. The van der Waals surface area contributed by atoms with Crippen LogP contribution in [0.3, 0.4) is 0 Å². The summed E-state index contributed by atoms with van der Waals surface area (Å²) in [5.41, 5.74) is 0.938. The van der Waals surface area contributed by atoms with Crippen molar-refractivity contribution in [2.24, 2.45) is 0 Å². The number of hydrogen-bond donors (Lipinski definition) is 0. The van der Waals surface area contributed by atoms with Crippen LogP contribution in [0.1, 0.15) is 13.8 Å². The summed E-state index contributed by atoms with van der Waals surface area (Å²) < 4.78 is 4.53. The van der Waals surface area contributed by atoms with Crippen LogP contribution in [0, 0.1) is 6.92 Å². The Hall–Kier alpha value is -0.790. The molecule has 0 aliphatic rings. The van der Waals surface area contributed by atoms with Crippen LogP contribution in [0.4, 0.5) is 0 Å². The van der Waals surface area contributed by atoms with Crippen LogP contribution in [0.25, 0.3) is 0 Å². The maximum absolute atomic E-state index is 10.5. The molecule has 0 bridgehead atoms. The molecule has 0 saturated carbocycles. The lowest BCUT2D eigenvalue weighted by atomic mass is 10.3. The number of rotatable bonds is 2. The van der Waals surface area contributed by atoms with Gasteiger partial charge >= 0.3 is 5.97 Å². The van der Waals surface area contributed by atoms with E-state index < -0.39 is 0 Å². The van der Waals surface area contributed by atoms with Gasteiger partial charge in [0.1, 0.15) is 0 Å². The molecule has 0 aliphatic carbocycles. The van der Waals surface area contributed by atoms with Gasteiger partial charge < -0.3 is 4.74 Å². The molecule has 9 heavy (non-hydrogen) atoms. The molecule has 0 aromatic carbocycles. The quantitative estimate of drug-likeness (QED) is 0.413. The highest BCUT2D eigenvalue weighted by atomic mass is 16.5. The van der Waals surface area contributed by atoms with Gasteiger partial charge in [-0.25, -0.2) is 4.79 Å². The molecule has 0 N–H and O–H groups in total. The summed E-state index contributed by atoms with van der Waals surface area (Å²) in [4.78, 5) is 10.5. The summed E-state index contributed by atoms with van der Waals surface area (Å²) in [6.07, 6.45) is 1.44. The van der Waals surface area contributed by atoms with E-state index in [2.05, 4.69) is 11.7 Å². The van der Waals surface area contributed by atoms with Gasteiger partial charge in [0.25, 0.3) is 0 Å². The molecule has 0 aliphatic heterocycles. The SMILES string of the molecule is [CH2]COC(=O)C=C(C)C. The normalized spacial score (nSPS) is 8.33. The first-order valence-corrected chi connectivity index (χ1v) is 2.77. The van der Waals surface area contributed by atoms with Crippen molar-refractivity contribution in [1.82, 2.24) is 0 Å². The summed E-state index contributed by atoms with van der Waals surface area (Å²) in [7, 11) is 0. The zero-order valence-corrected chi connectivity index (χ0v) is 5.81. The van der Waals surface area contributed by atoms with Crippen LogP contribution < -0.4 is 0 Å². The molecule has 0 atom stereocenters. The molecule has 0 aromatic heterocycles. The summed E-state index contributed by atoms with van der Waals surface area (Å²) in [6.45, 7) is 7.23. The Kier molecular flexibility index (Phi) is 3.76. The Balaban J connectivity index is 3.63. The van der Waals surface area contributed by atoms with Crippen molar-refractivity contribution in [1.29, 1.82) is 0 Å². The zero-order chi connectivity index (χ0) is 7.28. The summed E-state index contributed by atoms with van der Waals surface area (Å²) in [6, 6.07) is 0. The molecule has 0 saturated heterocycles. The van der Waals surface area contributed by atoms with E-state index in [1.54, 1.807) is 0 Å². The number of ether oxygens (including phenoxy) is 1. The van der Waals surface area contributed by atoms with Crippen LogP contribution in [-0.4, -0.2) is 12.6 Å². The Labute approximate surface area is 55.5 Å². The average Bonchev–Trinajstić information content (AvgIpc) is 1.63. The van der Waals surface area contributed by atoms with Crippen LogP contribution >= 0.6 is 0 Å². The average molecular weight is 127 g/mol. The Morgan fingerprint density at radius 2 is 2.22 bits per heavy atom. The minimum absolute atomic E-state index is 0.197. The fraction of sp³-hybridized carbons (Fsp3) is 0.429. The van der Waals surface area contributed by atoms with Gasteiger partial charge in [0.05, 0.1) is 6.61 Å². The highest BCUT2D eigenvalue weighted by molar-refractivity contribution is 5.82. The maximum atomic E-state index is 10.5. The molecule has 51 valence electrons. The molecule has 0 fully saturated rings. The number of hydrogen-bond acceptors (Lipinski definition) is 2. The van der Waals surface area contributed by atoms with E-state index in [1.165, 1.54) is 6.08 Å². The lowest BCUT2D eigenvalue weighted by Crippen LogP contribution is -1.99. The molecule has 2 nitrogen and oxygen atoms in total. The Morgan fingerprint density at radius 3 is 2.56 bits per heavy atom. The van der Waals surface area contributed by atoms with E-state index in [4.69, 9.17) is 0 Å². The maximum Gasteiger partial charge on any atom is 0.330 e. The molecule has 0 amide bonds. The zero-order valence-electron chi connectivity index (χ0n) is 5.81. The van der Waals surface area contributed by atoms with Crippen LogP contribution in [0.2, 0.25) is 0 Å². The van der Waals surface area contributed by atoms with E-state index in [1.807, 2.05) is 13.8 Å². The molecule has 0 unspecified atom stereocenters. The minimum atomic E-state index is -0.315. The molecular weight excluding hydrogens is 116 g/mol. The summed E-state index contributed by atoms with van der Waals surface area (Å²) in [5.74, 6) is -0.315. The standard InChI is InChI=1S/C7H11O2/c1-4-9-7(8)5-6(2)3/h5H,1,4H2,2-3H3. The molecule has 0 heterocycles. The predicted molar refractivity (Wildman–Crippen MR) is 35.7 cm³/mol. The largest absolute Gasteiger partial charge is 0.463 e. The van der Waals surface area contributed by atoms with Gasteiger partial charge in [0, 0.05) is 6.08 Å². The minimum Gasteiger partial charge on any atom is -0.463 e. The van der Waals surface area contributed by atoms with Gasteiger partial charge in [-0.05, 0) is 20.8 Å². The van der Waals surface area contributed by atoms with Gasteiger partial charge in [-0.15, -0.1) is 0 Å². The molecular formula is C7H11O2. The van der Waals surface area contributed by atoms with Crippen LogP contribution in [-0.2, 0) is 9.53 Å². The predicted octanol–water partition coefficient (Wildman–Crippen LogP) is 1.33. The van der Waals surface area contributed by atoms with Gasteiger partial charge in [-0.3, -0.25) is 0 Å². The number of esters is 1. The highest BCUT2D eigenvalue weighted by Gasteiger charge is 1.92. The number of allylic oxidation sites excluding steroid dienone is 1. The van der Waals surface area contributed by atoms with E-state index >= 15 is 0 Å². The van der Waals surface area contributed by atoms with E-state index in [0.29, 0.717) is 0 Å². The van der Waals surface area contributed by atoms with E-state index in [-0.39, 0.29) is 12.6 Å². The van der Waals surface area contributed by atoms with Crippen LogP contribution in [0.5, 0.6) is 0 Å². The lowest BCUT2D eigenvalue weighted by Gasteiger charge is -1.94. The van der Waals surface area contributed by atoms with Gasteiger partial charge in [-0.2, -0.15) is 0 Å². The second-order valence-electron chi connectivity index (χ2n) is 1.89. The van der Waals surface area contributed by atoms with Crippen molar-refractivity contribution in [2.45, 2.75) is 13.8 Å². The molecule has 0 rings (SSSR count). The number of carbonyl (C=O) groups is 1. The molecule has 1 radical (unpaired) electrons. The van der Waals surface area contributed by atoms with Crippen molar-refractivity contribution in [3.8, 4) is 0 Å². The van der Waals surface area contributed by atoms with E-state index in [9.17, 15) is 4.79 Å². The highest BCUT2D eigenvalue weighted by Crippen LogP contribution is 1.89. The van der Waals surface area contributed by atoms with E-state index in [0.717, 1.165) is 5.57 Å². The lowest BCUT2D eigenvalue weighted by molar-refractivity contribution is -0.136. The fourth-order valence-corrected chi connectivity index (χ4v) is 0.378. The first-order chi connectivity index (χ1) is 4.16. The Morgan fingerprint density at radius 1 is 1.67 bits per heavy atom. The topological polar surface area (TPSA) is 26.3 Å². The number of carbonyl (C=O) groups excluding carboxylic acids is 1. The van der Waals surface area contributed by atoms with Gasteiger partial charge in [-0.1, -0.05) is 5.57 Å². The van der Waals surface area contributed by atoms with Crippen molar-refractivity contribution in [2.75, 3.05) is 6.61 Å². The van der Waals surface area contributed by atoms with Crippen molar-refractivity contribution < 1.29 is 9.53 Å². The third-order valence-corrected chi connectivity index (χ3v) is 0.651. The fourth-order valence-electron chi connectivity index (χ4n) is 0.378. The smallest absolute Gasteiger partial charge is 0.330 e. The Bertz CT molecular complexity index is 121. The molecule has 0 aromatic rings. The van der Waals surface area contributed by atoms with Crippen molar-refractivity contribution in [3.63, 3.8) is 0 Å². The second-order valence-corrected chi connectivity index (χ2v) is 1.89. The van der Waals surface area contributed by atoms with Crippen molar-refractivity contribution >= 4 is 5.97 Å². The van der Waals surface area contributed by atoms with Gasteiger partial charge in [0.15, 0.2) is 0 Å². The first-order valence-electron chi connectivity index (χ1n) is 2.77. The van der Waals surface area contributed by atoms with Crippen LogP contribution in [0.15, 0.2) is 11.6 Å². The van der Waals surface area contributed by atoms with Gasteiger partial charge in [0.2, 0.25) is 0 Å². The third-order valence-electron chi connectivity index (χ3n) is 0.651.